The summed E-state index contributed by atoms with van der Waals surface area (Å²) in [6, 6.07) is 15.4. The molecule has 2 aliphatic heterocycles. The number of fused-ring (bicyclic) bond motifs is 1. The third-order valence-electron chi connectivity index (χ3n) is 5.18. The summed E-state index contributed by atoms with van der Waals surface area (Å²) < 4.78 is 10.8. The number of anilines is 2. The maximum absolute atomic E-state index is 12.3. The lowest BCUT2D eigenvalue weighted by Crippen LogP contribution is -2.31. The SMILES string of the molecule is O=C(COC(=O)C1COc2ccccc2C1)Nc1ccc(N2CCCC2)cc1. The Kier molecular flexibility index (Phi) is 5.46. The van der Waals surface area contributed by atoms with E-state index in [2.05, 4.69) is 10.2 Å². The Morgan fingerprint density at radius 2 is 1.82 bits per heavy atom. The number of rotatable bonds is 5. The Balaban J connectivity index is 1.25. The molecule has 0 spiro atoms. The predicted octanol–water partition coefficient (Wildman–Crippen LogP) is 3.02. The zero-order chi connectivity index (χ0) is 19.3. The first kappa shape index (κ1) is 18.3. The van der Waals surface area contributed by atoms with E-state index in [1.807, 2.05) is 48.5 Å². The molecule has 2 aromatic rings. The number of benzene rings is 2. The van der Waals surface area contributed by atoms with Gasteiger partial charge in [0.2, 0.25) is 0 Å². The highest BCUT2D eigenvalue weighted by atomic mass is 16.5. The number of carbonyl (C=O) groups is 2. The second-order valence-corrected chi connectivity index (χ2v) is 7.22. The Morgan fingerprint density at radius 3 is 2.61 bits per heavy atom. The highest BCUT2D eigenvalue weighted by Gasteiger charge is 2.27. The van der Waals surface area contributed by atoms with Gasteiger partial charge in [0.15, 0.2) is 6.61 Å². The van der Waals surface area contributed by atoms with Crippen molar-refractivity contribution >= 4 is 23.3 Å². The van der Waals surface area contributed by atoms with E-state index in [1.165, 1.54) is 18.5 Å². The molecule has 0 aliphatic carbocycles. The lowest BCUT2D eigenvalue weighted by atomic mass is 9.97. The molecule has 0 radical (unpaired) electrons. The Morgan fingerprint density at radius 1 is 1.07 bits per heavy atom. The van der Waals surface area contributed by atoms with E-state index in [0.717, 1.165) is 24.4 Å². The van der Waals surface area contributed by atoms with Crippen molar-refractivity contribution in [2.45, 2.75) is 19.3 Å². The fourth-order valence-electron chi connectivity index (χ4n) is 3.66. The largest absolute Gasteiger partial charge is 0.492 e. The van der Waals surface area contributed by atoms with Crippen LogP contribution < -0.4 is 15.0 Å². The van der Waals surface area contributed by atoms with Crippen LogP contribution in [0.2, 0.25) is 0 Å². The number of amides is 1. The van der Waals surface area contributed by atoms with E-state index in [-0.39, 0.29) is 25.0 Å². The molecular weight excluding hydrogens is 356 g/mol. The first-order valence-electron chi connectivity index (χ1n) is 9.71. The smallest absolute Gasteiger partial charge is 0.313 e. The molecule has 1 fully saturated rings. The summed E-state index contributed by atoms with van der Waals surface area (Å²) in [7, 11) is 0. The van der Waals surface area contributed by atoms with Gasteiger partial charge in [0, 0.05) is 24.5 Å². The third-order valence-corrected chi connectivity index (χ3v) is 5.18. The lowest BCUT2D eigenvalue weighted by Gasteiger charge is -2.23. The number of para-hydroxylation sites is 1. The van der Waals surface area contributed by atoms with Crippen LogP contribution in [0.25, 0.3) is 0 Å². The van der Waals surface area contributed by atoms with Gasteiger partial charge in [-0.25, -0.2) is 0 Å². The molecule has 2 aromatic carbocycles. The van der Waals surface area contributed by atoms with Crippen LogP contribution in [-0.4, -0.2) is 38.2 Å². The molecular formula is C22H24N2O4. The van der Waals surface area contributed by atoms with Gasteiger partial charge in [-0.2, -0.15) is 0 Å². The molecule has 1 N–H and O–H groups in total. The molecule has 0 aromatic heterocycles. The number of ether oxygens (including phenoxy) is 2. The first-order valence-corrected chi connectivity index (χ1v) is 9.71. The second-order valence-electron chi connectivity index (χ2n) is 7.22. The maximum Gasteiger partial charge on any atom is 0.313 e. The average Bonchev–Trinajstić information content (AvgIpc) is 3.27. The summed E-state index contributed by atoms with van der Waals surface area (Å²) in [5.41, 5.74) is 2.84. The van der Waals surface area contributed by atoms with Gasteiger partial charge in [-0.15, -0.1) is 0 Å². The Bertz CT molecular complexity index is 844. The standard InChI is InChI=1S/C22H24N2O4/c25-21(23-18-7-9-19(10-8-18)24-11-3-4-12-24)15-28-22(26)17-13-16-5-1-2-6-20(16)27-14-17/h1-2,5-10,17H,3-4,11-15H2,(H,23,25). The van der Waals surface area contributed by atoms with E-state index in [9.17, 15) is 9.59 Å². The second kappa shape index (κ2) is 8.33. The predicted molar refractivity (Wildman–Crippen MR) is 107 cm³/mol. The van der Waals surface area contributed by atoms with Crippen molar-refractivity contribution < 1.29 is 19.1 Å². The van der Waals surface area contributed by atoms with Crippen LogP contribution in [0, 0.1) is 5.92 Å². The molecule has 2 heterocycles. The number of hydrogen-bond acceptors (Lipinski definition) is 5. The average molecular weight is 380 g/mol. The fraction of sp³-hybridized carbons (Fsp3) is 0.364. The Hall–Kier alpha value is -3.02. The normalized spacial score (nSPS) is 18.1. The van der Waals surface area contributed by atoms with Crippen molar-refractivity contribution in [1.29, 1.82) is 0 Å². The van der Waals surface area contributed by atoms with Crippen LogP contribution in [-0.2, 0) is 20.7 Å². The molecule has 1 saturated heterocycles. The Labute approximate surface area is 164 Å². The minimum Gasteiger partial charge on any atom is -0.492 e. The minimum atomic E-state index is -0.408. The number of hydrogen-bond donors (Lipinski definition) is 1. The summed E-state index contributed by atoms with van der Waals surface area (Å²) in [4.78, 5) is 26.7. The fourth-order valence-corrected chi connectivity index (χ4v) is 3.66. The molecule has 0 saturated carbocycles. The molecule has 146 valence electrons. The highest BCUT2D eigenvalue weighted by molar-refractivity contribution is 5.93. The monoisotopic (exact) mass is 380 g/mol. The van der Waals surface area contributed by atoms with Crippen molar-refractivity contribution in [3.05, 3.63) is 54.1 Å². The van der Waals surface area contributed by atoms with Crippen molar-refractivity contribution in [2.75, 3.05) is 36.5 Å². The van der Waals surface area contributed by atoms with Crippen molar-refractivity contribution in [3.8, 4) is 5.75 Å². The molecule has 1 atom stereocenters. The van der Waals surface area contributed by atoms with E-state index in [1.54, 1.807) is 0 Å². The first-order chi connectivity index (χ1) is 13.7. The molecule has 6 nitrogen and oxygen atoms in total. The quantitative estimate of drug-likeness (QED) is 0.808. The van der Waals surface area contributed by atoms with E-state index in [0.29, 0.717) is 12.1 Å². The maximum atomic E-state index is 12.3. The summed E-state index contributed by atoms with van der Waals surface area (Å²) in [6.07, 6.45) is 3.01. The zero-order valence-electron chi connectivity index (χ0n) is 15.7. The van der Waals surface area contributed by atoms with Gasteiger partial charge in [-0.3, -0.25) is 9.59 Å². The number of nitrogens with one attached hydrogen (secondary N) is 1. The zero-order valence-corrected chi connectivity index (χ0v) is 15.7. The van der Waals surface area contributed by atoms with Gasteiger partial charge >= 0.3 is 5.97 Å². The number of esters is 1. The van der Waals surface area contributed by atoms with Crippen molar-refractivity contribution in [2.24, 2.45) is 5.92 Å². The van der Waals surface area contributed by atoms with Crippen LogP contribution in [0.3, 0.4) is 0 Å². The summed E-state index contributed by atoms with van der Waals surface area (Å²) in [5.74, 6) is -0.336. The molecule has 1 unspecified atom stereocenters. The van der Waals surface area contributed by atoms with E-state index in [4.69, 9.17) is 9.47 Å². The van der Waals surface area contributed by atoms with Gasteiger partial charge in [0.05, 0.1) is 5.92 Å². The molecule has 28 heavy (non-hydrogen) atoms. The number of nitrogens with zero attached hydrogens (tertiary/aromatic N) is 1. The summed E-state index contributed by atoms with van der Waals surface area (Å²) in [5, 5.41) is 2.77. The molecule has 6 heteroatoms. The van der Waals surface area contributed by atoms with Crippen molar-refractivity contribution in [3.63, 3.8) is 0 Å². The van der Waals surface area contributed by atoms with Gasteiger partial charge in [0.25, 0.3) is 5.91 Å². The summed E-state index contributed by atoms with van der Waals surface area (Å²) in [6.45, 7) is 2.13. The topological polar surface area (TPSA) is 67.9 Å². The van der Waals surface area contributed by atoms with Crippen LogP contribution in [0.4, 0.5) is 11.4 Å². The summed E-state index contributed by atoms with van der Waals surface area (Å²) >= 11 is 0. The van der Waals surface area contributed by atoms with Crippen molar-refractivity contribution in [1.82, 2.24) is 0 Å². The lowest BCUT2D eigenvalue weighted by molar-refractivity contribution is -0.152. The minimum absolute atomic E-state index is 0.273. The van der Waals surface area contributed by atoms with Crippen LogP contribution in [0.1, 0.15) is 18.4 Å². The van der Waals surface area contributed by atoms with Gasteiger partial charge in [-0.05, 0) is 55.2 Å². The molecule has 0 bridgehead atoms. The van der Waals surface area contributed by atoms with Gasteiger partial charge < -0.3 is 19.7 Å². The van der Waals surface area contributed by atoms with Crippen LogP contribution in [0.15, 0.2) is 48.5 Å². The van der Waals surface area contributed by atoms with Crippen LogP contribution in [0.5, 0.6) is 5.75 Å². The van der Waals surface area contributed by atoms with E-state index >= 15 is 0 Å². The number of carbonyl (C=O) groups excluding carboxylic acids is 2. The van der Waals surface area contributed by atoms with Gasteiger partial charge in [0.1, 0.15) is 12.4 Å². The molecule has 1 amide bonds. The highest BCUT2D eigenvalue weighted by Crippen LogP contribution is 2.27. The molecule has 2 aliphatic rings. The van der Waals surface area contributed by atoms with E-state index < -0.39 is 5.97 Å². The molecule has 4 rings (SSSR count). The van der Waals surface area contributed by atoms with Gasteiger partial charge in [-0.1, -0.05) is 18.2 Å². The van der Waals surface area contributed by atoms with Crippen LogP contribution >= 0.6 is 0 Å². The third kappa shape index (κ3) is 4.27.